The van der Waals surface area contributed by atoms with Crippen LogP contribution >= 0.6 is 0 Å². The maximum absolute atomic E-state index is 8.57. The summed E-state index contributed by atoms with van der Waals surface area (Å²) >= 11 is 0. The molecule has 0 amide bonds. The first-order valence-corrected chi connectivity index (χ1v) is 4.38. The molecule has 0 unspecified atom stereocenters. The van der Waals surface area contributed by atoms with Gasteiger partial charge in [-0.3, -0.25) is 0 Å². The molecule has 1 rings (SSSR count). The maximum Gasteiger partial charge on any atom is 0.0670 e. The van der Waals surface area contributed by atoms with Gasteiger partial charge >= 0.3 is 0 Å². The van der Waals surface area contributed by atoms with Crippen LogP contribution in [0.5, 0.6) is 0 Å². The van der Waals surface area contributed by atoms with Gasteiger partial charge in [-0.05, 0) is 23.8 Å². The number of anilines is 2. The molecular formula is C11H13N3. The molecule has 1 aromatic rings. The molecule has 0 heterocycles. The summed E-state index contributed by atoms with van der Waals surface area (Å²) in [5.41, 5.74) is 8.19. The topological polar surface area (TPSA) is 61.8 Å². The molecule has 0 saturated heterocycles. The summed E-state index contributed by atoms with van der Waals surface area (Å²) in [5.74, 6) is 0. The fourth-order valence-electron chi connectivity index (χ4n) is 1.14. The normalized spacial score (nSPS) is 9.07. The average molecular weight is 187 g/mol. The highest BCUT2D eigenvalue weighted by molar-refractivity contribution is 5.58. The number of benzene rings is 1. The van der Waals surface area contributed by atoms with E-state index in [-0.39, 0.29) is 0 Å². The van der Waals surface area contributed by atoms with E-state index in [1.807, 2.05) is 12.1 Å². The van der Waals surface area contributed by atoms with Gasteiger partial charge in [0.2, 0.25) is 0 Å². The highest BCUT2D eigenvalue weighted by Gasteiger charge is 1.99. The van der Waals surface area contributed by atoms with Gasteiger partial charge in [0.15, 0.2) is 0 Å². The van der Waals surface area contributed by atoms with E-state index < -0.39 is 0 Å². The van der Waals surface area contributed by atoms with Crippen LogP contribution in [0.15, 0.2) is 30.9 Å². The van der Waals surface area contributed by atoms with E-state index in [2.05, 4.69) is 18.0 Å². The summed E-state index contributed by atoms with van der Waals surface area (Å²) in [7, 11) is 0. The Morgan fingerprint density at radius 1 is 1.57 bits per heavy atom. The van der Waals surface area contributed by atoms with Crippen LogP contribution in [-0.2, 0) is 6.42 Å². The first kappa shape index (κ1) is 10.1. The molecule has 0 spiro atoms. The van der Waals surface area contributed by atoms with Crippen LogP contribution < -0.4 is 11.1 Å². The van der Waals surface area contributed by atoms with Crippen LogP contribution in [0.3, 0.4) is 0 Å². The van der Waals surface area contributed by atoms with Crippen LogP contribution in [0.25, 0.3) is 0 Å². The lowest BCUT2D eigenvalue weighted by atomic mass is 10.1. The predicted octanol–water partition coefficient (Wildman–Crippen LogP) is 1.93. The lowest BCUT2D eigenvalue weighted by Gasteiger charge is -2.06. The third-order valence-corrected chi connectivity index (χ3v) is 1.86. The summed E-state index contributed by atoms with van der Waals surface area (Å²) in [6, 6.07) is 7.66. The van der Waals surface area contributed by atoms with Gasteiger partial charge in [-0.2, -0.15) is 5.26 Å². The minimum absolute atomic E-state index is 0.343. The van der Waals surface area contributed by atoms with E-state index >= 15 is 0 Å². The lowest BCUT2D eigenvalue weighted by Crippen LogP contribution is -2.00. The third kappa shape index (κ3) is 2.53. The van der Waals surface area contributed by atoms with Crippen molar-refractivity contribution in [2.75, 3.05) is 17.6 Å². The van der Waals surface area contributed by atoms with E-state index in [4.69, 9.17) is 11.0 Å². The molecule has 0 atom stereocenters. The van der Waals surface area contributed by atoms with Gasteiger partial charge in [-0.1, -0.05) is 6.08 Å². The Kier molecular flexibility index (Phi) is 3.57. The summed E-state index contributed by atoms with van der Waals surface area (Å²) in [6.45, 7) is 4.32. The molecule has 14 heavy (non-hydrogen) atoms. The van der Waals surface area contributed by atoms with Gasteiger partial charge in [0.1, 0.15) is 0 Å². The number of nitrogens with zero attached hydrogens (tertiary/aromatic N) is 1. The summed E-state index contributed by atoms with van der Waals surface area (Å²) in [4.78, 5) is 0. The van der Waals surface area contributed by atoms with Crippen LogP contribution in [0.4, 0.5) is 11.4 Å². The standard InChI is InChI=1S/C11H13N3/c1-2-7-14-10-3-4-11(13)9(8-10)5-6-12/h2-4,8,14H,1,5,7,13H2. The monoisotopic (exact) mass is 187 g/mol. The molecule has 0 fully saturated rings. The number of nitrogen functional groups attached to an aromatic ring is 1. The van der Waals surface area contributed by atoms with Crippen molar-refractivity contribution < 1.29 is 0 Å². The van der Waals surface area contributed by atoms with Crippen LogP contribution in [0.1, 0.15) is 5.56 Å². The van der Waals surface area contributed by atoms with Crippen LogP contribution in [-0.4, -0.2) is 6.54 Å². The molecule has 0 saturated carbocycles. The van der Waals surface area contributed by atoms with Crippen molar-refractivity contribution in [3.63, 3.8) is 0 Å². The van der Waals surface area contributed by atoms with Gasteiger partial charge in [-0.15, -0.1) is 6.58 Å². The zero-order valence-electron chi connectivity index (χ0n) is 7.96. The van der Waals surface area contributed by atoms with Crippen LogP contribution in [0.2, 0.25) is 0 Å². The van der Waals surface area contributed by atoms with Crippen LogP contribution in [0, 0.1) is 11.3 Å². The highest BCUT2D eigenvalue weighted by atomic mass is 14.9. The average Bonchev–Trinajstić information content (AvgIpc) is 2.19. The van der Waals surface area contributed by atoms with Crippen molar-refractivity contribution in [2.24, 2.45) is 0 Å². The summed E-state index contributed by atoms with van der Waals surface area (Å²) in [6.07, 6.45) is 2.12. The van der Waals surface area contributed by atoms with Crippen molar-refractivity contribution >= 4 is 11.4 Å². The Labute approximate surface area is 83.8 Å². The second-order valence-electron chi connectivity index (χ2n) is 2.92. The van der Waals surface area contributed by atoms with Gasteiger partial charge in [0.05, 0.1) is 12.5 Å². The molecule has 72 valence electrons. The van der Waals surface area contributed by atoms with Gasteiger partial charge < -0.3 is 11.1 Å². The molecule has 1 aromatic carbocycles. The Bertz CT molecular complexity index is 363. The van der Waals surface area contributed by atoms with E-state index in [0.29, 0.717) is 18.7 Å². The van der Waals surface area contributed by atoms with Gasteiger partial charge in [0, 0.05) is 17.9 Å². The highest BCUT2D eigenvalue weighted by Crippen LogP contribution is 2.17. The van der Waals surface area contributed by atoms with Crippen molar-refractivity contribution in [1.82, 2.24) is 0 Å². The smallest absolute Gasteiger partial charge is 0.0670 e. The number of hydrogen-bond acceptors (Lipinski definition) is 3. The number of hydrogen-bond donors (Lipinski definition) is 2. The van der Waals surface area contributed by atoms with Gasteiger partial charge in [-0.25, -0.2) is 0 Å². The SMILES string of the molecule is C=CCNc1ccc(N)c(CC#N)c1. The largest absolute Gasteiger partial charge is 0.398 e. The quantitative estimate of drug-likeness (QED) is 0.559. The Balaban J connectivity index is 2.83. The molecule has 0 aliphatic carbocycles. The molecule has 0 bridgehead atoms. The summed E-state index contributed by atoms with van der Waals surface area (Å²) < 4.78 is 0. The first-order valence-electron chi connectivity index (χ1n) is 4.38. The lowest BCUT2D eigenvalue weighted by molar-refractivity contribution is 1.25. The van der Waals surface area contributed by atoms with Crippen molar-refractivity contribution in [1.29, 1.82) is 5.26 Å². The molecule has 3 N–H and O–H groups in total. The zero-order valence-corrected chi connectivity index (χ0v) is 7.96. The molecule has 3 heteroatoms. The Morgan fingerprint density at radius 3 is 3.00 bits per heavy atom. The van der Waals surface area contributed by atoms with Crippen molar-refractivity contribution in [2.45, 2.75) is 6.42 Å². The number of nitriles is 1. The molecule has 3 nitrogen and oxygen atoms in total. The fraction of sp³-hybridized carbons (Fsp3) is 0.182. The van der Waals surface area contributed by atoms with Crippen molar-refractivity contribution in [3.8, 4) is 6.07 Å². The van der Waals surface area contributed by atoms with E-state index in [0.717, 1.165) is 11.3 Å². The maximum atomic E-state index is 8.57. The second-order valence-corrected chi connectivity index (χ2v) is 2.92. The van der Waals surface area contributed by atoms with E-state index in [9.17, 15) is 0 Å². The fourth-order valence-corrected chi connectivity index (χ4v) is 1.14. The number of nitrogens with one attached hydrogen (secondary N) is 1. The van der Waals surface area contributed by atoms with E-state index in [1.165, 1.54) is 0 Å². The molecular weight excluding hydrogens is 174 g/mol. The molecule has 0 aliphatic heterocycles. The Morgan fingerprint density at radius 2 is 2.36 bits per heavy atom. The predicted molar refractivity (Wildman–Crippen MR) is 58.9 cm³/mol. The first-order chi connectivity index (χ1) is 6.77. The minimum Gasteiger partial charge on any atom is -0.398 e. The van der Waals surface area contributed by atoms with E-state index in [1.54, 1.807) is 12.1 Å². The molecule has 0 aliphatic rings. The molecule has 0 radical (unpaired) electrons. The number of nitrogens with two attached hydrogens (primary N) is 1. The zero-order chi connectivity index (χ0) is 10.4. The molecule has 0 aromatic heterocycles. The van der Waals surface area contributed by atoms with Crippen molar-refractivity contribution in [3.05, 3.63) is 36.4 Å². The number of rotatable bonds is 4. The minimum atomic E-state index is 0.343. The third-order valence-electron chi connectivity index (χ3n) is 1.86. The van der Waals surface area contributed by atoms with Gasteiger partial charge in [0.25, 0.3) is 0 Å². The second kappa shape index (κ2) is 4.93. The summed E-state index contributed by atoms with van der Waals surface area (Å²) in [5, 5.41) is 11.7. The Hall–Kier alpha value is -1.95.